The third kappa shape index (κ3) is 5.02. The highest BCUT2D eigenvalue weighted by molar-refractivity contribution is 7.92. The van der Waals surface area contributed by atoms with Crippen LogP contribution in [0.1, 0.15) is 37.7 Å². The summed E-state index contributed by atoms with van der Waals surface area (Å²) in [5.41, 5.74) is 1.82. The number of anilines is 2. The summed E-state index contributed by atoms with van der Waals surface area (Å²) in [6.07, 6.45) is 5.20. The van der Waals surface area contributed by atoms with Crippen LogP contribution in [0.15, 0.2) is 47.4 Å². The van der Waals surface area contributed by atoms with Gasteiger partial charge in [-0.25, -0.2) is 8.42 Å². The van der Waals surface area contributed by atoms with E-state index in [0.717, 1.165) is 31.2 Å². The Labute approximate surface area is 165 Å². The predicted octanol–water partition coefficient (Wildman–Crippen LogP) is 4.97. The fraction of sp³-hybridized carbons (Fsp3) is 0.350. The van der Waals surface area contributed by atoms with Gasteiger partial charge in [0.1, 0.15) is 0 Å². The molecule has 0 heterocycles. The smallest absolute Gasteiger partial charge is 0.261 e. The molecule has 5 nitrogen and oxygen atoms in total. The van der Waals surface area contributed by atoms with Crippen LogP contribution in [-0.2, 0) is 14.8 Å². The number of carbonyl (C=O) groups excluding carboxylic acids is 1. The molecular formula is C20H23ClN2O3S. The molecule has 2 N–H and O–H groups in total. The van der Waals surface area contributed by atoms with Crippen LogP contribution in [0.3, 0.4) is 0 Å². The van der Waals surface area contributed by atoms with E-state index in [9.17, 15) is 13.2 Å². The third-order valence-corrected chi connectivity index (χ3v) is 6.47. The minimum absolute atomic E-state index is 0.0120. The first-order valence-corrected chi connectivity index (χ1v) is 10.9. The summed E-state index contributed by atoms with van der Waals surface area (Å²) in [6, 6.07) is 11.2. The van der Waals surface area contributed by atoms with Gasteiger partial charge < -0.3 is 5.32 Å². The van der Waals surface area contributed by atoms with Crippen LogP contribution in [0.4, 0.5) is 11.4 Å². The normalized spacial score (nSPS) is 15.3. The van der Waals surface area contributed by atoms with E-state index < -0.39 is 10.0 Å². The molecule has 0 bridgehead atoms. The van der Waals surface area contributed by atoms with Crippen molar-refractivity contribution in [3.8, 4) is 0 Å². The summed E-state index contributed by atoms with van der Waals surface area (Å²) in [5.74, 6) is 0.0626. The monoisotopic (exact) mass is 406 g/mol. The Morgan fingerprint density at radius 3 is 2.37 bits per heavy atom. The van der Waals surface area contributed by atoms with Gasteiger partial charge >= 0.3 is 0 Å². The van der Waals surface area contributed by atoms with Crippen LogP contribution in [0.2, 0.25) is 5.02 Å². The lowest BCUT2D eigenvalue weighted by molar-refractivity contribution is -0.120. The molecule has 27 heavy (non-hydrogen) atoms. The van der Waals surface area contributed by atoms with Crippen molar-refractivity contribution in [2.75, 3.05) is 10.0 Å². The topological polar surface area (TPSA) is 75.3 Å². The Bertz CT molecular complexity index is 921. The lowest BCUT2D eigenvalue weighted by Crippen LogP contribution is -2.24. The van der Waals surface area contributed by atoms with Gasteiger partial charge in [0.15, 0.2) is 0 Å². The Morgan fingerprint density at radius 2 is 1.70 bits per heavy atom. The maximum atomic E-state index is 12.6. The number of amides is 1. The minimum atomic E-state index is -3.74. The lowest BCUT2D eigenvalue weighted by atomic mass is 9.88. The van der Waals surface area contributed by atoms with E-state index in [-0.39, 0.29) is 16.7 Å². The van der Waals surface area contributed by atoms with E-state index >= 15 is 0 Å². The Morgan fingerprint density at radius 1 is 1.04 bits per heavy atom. The van der Waals surface area contributed by atoms with Crippen molar-refractivity contribution in [3.05, 3.63) is 53.1 Å². The van der Waals surface area contributed by atoms with Crippen LogP contribution in [0.25, 0.3) is 0 Å². The van der Waals surface area contributed by atoms with E-state index in [0.29, 0.717) is 16.4 Å². The van der Waals surface area contributed by atoms with E-state index in [2.05, 4.69) is 10.0 Å². The molecule has 0 unspecified atom stereocenters. The second-order valence-corrected chi connectivity index (χ2v) is 9.03. The second kappa shape index (κ2) is 8.31. The maximum Gasteiger partial charge on any atom is 0.261 e. The maximum absolute atomic E-state index is 12.6. The average molecular weight is 407 g/mol. The quantitative estimate of drug-likeness (QED) is 0.736. The Kier molecular flexibility index (Phi) is 6.07. The molecule has 0 radical (unpaired) electrons. The van der Waals surface area contributed by atoms with Crippen molar-refractivity contribution >= 4 is 38.9 Å². The van der Waals surface area contributed by atoms with Gasteiger partial charge in [-0.15, -0.1) is 0 Å². The molecule has 0 spiro atoms. The van der Waals surface area contributed by atoms with Crippen molar-refractivity contribution in [2.24, 2.45) is 5.92 Å². The van der Waals surface area contributed by atoms with Crippen LogP contribution >= 0.6 is 11.6 Å². The third-order valence-electron chi connectivity index (χ3n) is 4.85. The number of sulfonamides is 1. The van der Waals surface area contributed by atoms with Crippen molar-refractivity contribution in [1.82, 2.24) is 0 Å². The fourth-order valence-electron chi connectivity index (χ4n) is 3.23. The molecule has 7 heteroatoms. The molecule has 1 amide bonds. The molecule has 0 aliphatic heterocycles. The number of carbonyl (C=O) groups is 1. The average Bonchev–Trinajstić information content (AvgIpc) is 2.65. The zero-order valence-corrected chi connectivity index (χ0v) is 16.7. The number of rotatable bonds is 5. The zero-order chi connectivity index (χ0) is 19.4. The van der Waals surface area contributed by atoms with Gasteiger partial charge in [-0.05, 0) is 61.7 Å². The molecule has 0 saturated heterocycles. The number of nitrogens with one attached hydrogen (secondary N) is 2. The highest BCUT2D eigenvalue weighted by atomic mass is 35.5. The molecule has 0 atom stereocenters. The number of benzene rings is 2. The molecule has 0 aromatic heterocycles. The van der Waals surface area contributed by atoms with Gasteiger partial charge in [0, 0.05) is 16.6 Å². The highest BCUT2D eigenvalue weighted by Gasteiger charge is 2.21. The van der Waals surface area contributed by atoms with Gasteiger partial charge in [0.2, 0.25) is 5.91 Å². The minimum Gasteiger partial charge on any atom is -0.326 e. The molecule has 3 rings (SSSR count). The van der Waals surface area contributed by atoms with Gasteiger partial charge in [-0.1, -0.05) is 36.9 Å². The van der Waals surface area contributed by atoms with Crippen LogP contribution in [-0.4, -0.2) is 14.3 Å². The standard InChI is InChI=1S/C20H23ClN2O3S/c1-14-7-8-16(21)13-19(14)23-27(25,26)18-11-9-17(10-12-18)22-20(24)15-5-3-2-4-6-15/h7-13,15,23H,2-6H2,1H3,(H,22,24). The lowest BCUT2D eigenvalue weighted by Gasteiger charge is -2.20. The number of hydrogen-bond donors (Lipinski definition) is 2. The summed E-state index contributed by atoms with van der Waals surface area (Å²) in [4.78, 5) is 12.4. The van der Waals surface area contributed by atoms with E-state index in [4.69, 9.17) is 11.6 Å². The number of halogens is 1. The molecule has 1 saturated carbocycles. The van der Waals surface area contributed by atoms with Crippen molar-refractivity contribution in [1.29, 1.82) is 0 Å². The molecule has 2 aromatic rings. The first-order chi connectivity index (χ1) is 12.8. The van der Waals surface area contributed by atoms with Crippen LogP contribution in [0, 0.1) is 12.8 Å². The van der Waals surface area contributed by atoms with Gasteiger partial charge in [0.05, 0.1) is 10.6 Å². The molecular weight excluding hydrogens is 384 g/mol. The van der Waals surface area contributed by atoms with Gasteiger partial charge in [0.25, 0.3) is 10.0 Å². The number of aryl methyl sites for hydroxylation is 1. The Balaban J connectivity index is 1.70. The second-order valence-electron chi connectivity index (χ2n) is 6.91. The van der Waals surface area contributed by atoms with Crippen molar-refractivity contribution < 1.29 is 13.2 Å². The molecule has 1 aliphatic rings. The van der Waals surface area contributed by atoms with Gasteiger partial charge in [-0.2, -0.15) is 0 Å². The summed E-state index contributed by atoms with van der Waals surface area (Å²) in [7, 11) is -3.74. The SMILES string of the molecule is Cc1ccc(Cl)cc1NS(=O)(=O)c1ccc(NC(=O)C2CCCCC2)cc1. The zero-order valence-electron chi connectivity index (χ0n) is 15.2. The first kappa shape index (κ1) is 19.7. The Hall–Kier alpha value is -2.05. The van der Waals surface area contributed by atoms with E-state index in [1.807, 2.05) is 0 Å². The summed E-state index contributed by atoms with van der Waals surface area (Å²) < 4.78 is 27.8. The summed E-state index contributed by atoms with van der Waals surface area (Å²) in [5, 5.41) is 3.34. The summed E-state index contributed by atoms with van der Waals surface area (Å²) >= 11 is 5.95. The fourth-order valence-corrected chi connectivity index (χ4v) is 4.53. The molecule has 1 aliphatic carbocycles. The number of hydrogen-bond acceptors (Lipinski definition) is 3. The summed E-state index contributed by atoms with van der Waals surface area (Å²) in [6.45, 7) is 1.80. The van der Waals surface area contributed by atoms with Crippen LogP contribution < -0.4 is 10.0 Å². The van der Waals surface area contributed by atoms with Gasteiger partial charge in [-0.3, -0.25) is 9.52 Å². The molecule has 2 aromatic carbocycles. The molecule has 1 fully saturated rings. The van der Waals surface area contributed by atoms with Crippen LogP contribution in [0.5, 0.6) is 0 Å². The predicted molar refractivity (Wildman–Crippen MR) is 109 cm³/mol. The van der Waals surface area contributed by atoms with Crippen molar-refractivity contribution in [3.63, 3.8) is 0 Å². The van der Waals surface area contributed by atoms with E-state index in [1.54, 1.807) is 37.3 Å². The van der Waals surface area contributed by atoms with Crippen molar-refractivity contribution in [2.45, 2.75) is 43.9 Å². The highest BCUT2D eigenvalue weighted by Crippen LogP contribution is 2.26. The largest absolute Gasteiger partial charge is 0.326 e. The first-order valence-electron chi connectivity index (χ1n) is 9.05. The van der Waals surface area contributed by atoms with E-state index in [1.165, 1.54) is 18.6 Å². The molecule has 144 valence electrons.